The number of thiazole rings is 1. The summed E-state index contributed by atoms with van der Waals surface area (Å²) < 4.78 is 1.93. The number of anilines is 1. The summed E-state index contributed by atoms with van der Waals surface area (Å²) in [5.41, 5.74) is 4.92. The molecule has 7 heteroatoms. The Bertz CT molecular complexity index is 1020. The van der Waals surface area contributed by atoms with Crippen molar-refractivity contribution >= 4 is 22.4 Å². The number of benzene rings is 1. The lowest BCUT2D eigenvalue weighted by atomic mass is 10.2. The van der Waals surface area contributed by atoms with Crippen molar-refractivity contribution in [3.05, 3.63) is 57.9 Å². The van der Waals surface area contributed by atoms with Crippen LogP contribution in [-0.2, 0) is 25.8 Å². The van der Waals surface area contributed by atoms with Crippen LogP contribution in [0, 0.1) is 0 Å². The first-order chi connectivity index (χ1) is 13.7. The average Bonchev–Trinajstić information content (AvgIpc) is 3.42. The molecule has 0 spiro atoms. The van der Waals surface area contributed by atoms with Gasteiger partial charge >= 0.3 is 0 Å². The van der Waals surface area contributed by atoms with Crippen LogP contribution in [0.4, 0.5) is 5.13 Å². The van der Waals surface area contributed by atoms with E-state index in [4.69, 9.17) is 0 Å². The van der Waals surface area contributed by atoms with Crippen molar-refractivity contribution in [2.45, 2.75) is 39.2 Å². The lowest BCUT2D eigenvalue weighted by Gasteiger charge is -2.23. The highest BCUT2D eigenvalue weighted by Crippen LogP contribution is 2.31. The summed E-state index contributed by atoms with van der Waals surface area (Å²) in [4.78, 5) is 21.4. The summed E-state index contributed by atoms with van der Waals surface area (Å²) in [7, 11) is 0. The Hall–Kier alpha value is -2.51. The van der Waals surface area contributed by atoms with Gasteiger partial charge < -0.3 is 0 Å². The van der Waals surface area contributed by atoms with Crippen molar-refractivity contribution in [2.24, 2.45) is 0 Å². The number of hydrogen-bond donors (Lipinski definition) is 1. The number of hydrogen-bond acceptors (Lipinski definition) is 5. The number of amides is 1. The van der Waals surface area contributed by atoms with Crippen molar-refractivity contribution in [2.75, 3.05) is 18.4 Å². The van der Waals surface area contributed by atoms with E-state index < -0.39 is 0 Å². The monoisotopic (exact) mass is 393 g/mol. The van der Waals surface area contributed by atoms with E-state index in [0.717, 1.165) is 68.0 Å². The number of carbonyl (C=O) groups is 1. The van der Waals surface area contributed by atoms with Crippen LogP contribution >= 0.6 is 11.3 Å². The van der Waals surface area contributed by atoms with Gasteiger partial charge in [-0.2, -0.15) is 5.10 Å². The molecule has 0 atom stereocenters. The molecule has 6 nitrogen and oxygen atoms in total. The van der Waals surface area contributed by atoms with Crippen LogP contribution in [0.15, 0.2) is 30.3 Å². The van der Waals surface area contributed by atoms with E-state index in [2.05, 4.69) is 27.2 Å². The molecule has 5 rings (SSSR count). The molecule has 0 unspecified atom stereocenters. The van der Waals surface area contributed by atoms with E-state index in [-0.39, 0.29) is 5.91 Å². The smallest absolute Gasteiger partial charge is 0.278 e. The van der Waals surface area contributed by atoms with Gasteiger partial charge in [0.05, 0.1) is 11.4 Å². The summed E-state index contributed by atoms with van der Waals surface area (Å²) in [6.45, 7) is 5.19. The van der Waals surface area contributed by atoms with E-state index >= 15 is 0 Å². The van der Waals surface area contributed by atoms with Gasteiger partial charge in [0.25, 0.3) is 5.91 Å². The Balaban J connectivity index is 1.42. The molecule has 3 heterocycles. The Labute approximate surface area is 168 Å². The Morgan fingerprint density at radius 2 is 2.07 bits per heavy atom. The maximum Gasteiger partial charge on any atom is 0.278 e. The molecule has 0 saturated heterocycles. The number of aromatic nitrogens is 3. The number of likely N-dealkylation sites (N-methyl/N-ethyl adjacent to an activating group) is 1. The molecule has 0 saturated carbocycles. The maximum absolute atomic E-state index is 13.0. The second-order valence-corrected chi connectivity index (χ2v) is 8.42. The Kier molecular flexibility index (Phi) is 4.49. The lowest BCUT2D eigenvalue weighted by Crippen LogP contribution is -2.29. The van der Waals surface area contributed by atoms with Gasteiger partial charge in [-0.3, -0.25) is 15.0 Å². The molecule has 0 fully saturated rings. The van der Waals surface area contributed by atoms with Crippen LogP contribution in [0.1, 0.15) is 45.7 Å². The van der Waals surface area contributed by atoms with Crippen LogP contribution < -0.4 is 5.32 Å². The minimum absolute atomic E-state index is 0.147. The summed E-state index contributed by atoms with van der Waals surface area (Å²) in [6.07, 6.45) is 3.89. The predicted molar refractivity (Wildman–Crippen MR) is 110 cm³/mol. The fraction of sp³-hybridized carbons (Fsp3) is 0.381. The van der Waals surface area contributed by atoms with E-state index in [1.807, 2.05) is 35.0 Å². The first-order valence-electron chi connectivity index (χ1n) is 9.91. The molecule has 1 aliphatic heterocycles. The largest absolute Gasteiger partial charge is 0.298 e. The molecule has 0 bridgehead atoms. The molecule has 1 amide bonds. The number of carbonyl (C=O) groups excluding carboxylic acids is 1. The average molecular weight is 394 g/mol. The Morgan fingerprint density at radius 1 is 1.21 bits per heavy atom. The molecule has 144 valence electrons. The molecule has 2 aromatic heterocycles. The van der Waals surface area contributed by atoms with Gasteiger partial charge in [0.1, 0.15) is 0 Å². The minimum Gasteiger partial charge on any atom is -0.298 e. The highest BCUT2D eigenvalue weighted by molar-refractivity contribution is 7.15. The third-order valence-electron chi connectivity index (χ3n) is 5.62. The number of nitrogens with one attached hydrogen (secondary N) is 1. The first-order valence-corrected chi connectivity index (χ1v) is 10.7. The zero-order chi connectivity index (χ0) is 19.1. The van der Waals surface area contributed by atoms with Gasteiger partial charge in [-0.15, -0.1) is 11.3 Å². The molecule has 1 aromatic carbocycles. The molecule has 0 radical (unpaired) electrons. The number of para-hydroxylation sites is 1. The second-order valence-electron chi connectivity index (χ2n) is 7.34. The van der Waals surface area contributed by atoms with Crippen LogP contribution in [0.3, 0.4) is 0 Å². The zero-order valence-corrected chi connectivity index (χ0v) is 16.8. The summed E-state index contributed by atoms with van der Waals surface area (Å²) in [6, 6.07) is 10.0. The second kappa shape index (κ2) is 7.14. The summed E-state index contributed by atoms with van der Waals surface area (Å²) in [5, 5.41) is 8.38. The standard InChI is InChI=1S/C21H23N5OS/c1-2-25-12-11-16-18(13-25)28-21(22-16)23-20(27)19-15-9-6-10-17(15)26(24-19)14-7-4-3-5-8-14/h3-5,7-8H,2,6,9-13H2,1H3,(H,22,23,27). The minimum atomic E-state index is -0.147. The van der Waals surface area contributed by atoms with Crippen molar-refractivity contribution < 1.29 is 4.79 Å². The number of nitrogens with zero attached hydrogens (tertiary/aromatic N) is 4. The van der Waals surface area contributed by atoms with Gasteiger partial charge in [-0.25, -0.2) is 9.67 Å². The van der Waals surface area contributed by atoms with Gasteiger partial charge in [0.2, 0.25) is 0 Å². The molecule has 2 aliphatic rings. The third-order valence-corrected chi connectivity index (χ3v) is 6.62. The predicted octanol–water partition coefficient (Wildman–Crippen LogP) is 3.45. The van der Waals surface area contributed by atoms with Gasteiger partial charge in [-0.1, -0.05) is 25.1 Å². The van der Waals surface area contributed by atoms with E-state index in [1.54, 1.807) is 11.3 Å². The van der Waals surface area contributed by atoms with E-state index in [0.29, 0.717) is 10.8 Å². The summed E-state index contributed by atoms with van der Waals surface area (Å²) in [5.74, 6) is -0.147. The van der Waals surface area contributed by atoms with Crippen LogP contribution in [0.5, 0.6) is 0 Å². The fourth-order valence-electron chi connectivity index (χ4n) is 4.13. The van der Waals surface area contributed by atoms with Crippen LogP contribution in [0.2, 0.25) is 0 Å². The van der Waals surface area contributed by atoms with E-state index in [9.17, 15) is 4.79 Å². The fourth-order valence-corrected chi connectivity index (χ4v) is 5.18. The van der Waals surface area contributed by atoms with Crippen LogP contribution in [-0.4, -0.2) is 38.7 Å². The van der Waals surface area contributed by atoms with E-state index in [1.165, 1.54) is 4.88 Å². The summed E-state index contributed by atoms with van der Waals surface area (Å²) >= 11 is 1.59. The van der Waals surface area contributed by atoms with Gasteiger partial charge in [0.15, 0.2) is 10.8 Å². The SMILES string of the molecule is CCN1CCc2nc(NC(=O)c3nn(-c4ccccc4)c4c3CCC4)sc2C1. The van der Waals surface area contributed by atoms with Gasteiger partial charge in [-0.05, 0) is 37.9 Å². The zero-order valence-electron chi connectivity index (χ0n) is 15.9. The number of rotatable bonds is 4. The highest BCUT2D eigenvalue weighted by atomic mass is 32.1. The first kappa shape index (κ1) is 17.6. The normalized spacial score (nSPS) is 16.0. The third kappa shape index (κ3) is 3.04. The van der Waals surface area contributed by atoms with Crippen molar-refractivity contribution in [3.63, 3.8) is 0 Å². The molecule has 28 heavy (non-hydrogen) atoms. The number of fused-ring (bicyclic) bond motifs is 2. The lowest BCUT2D eigenvalue weighted by molar-refractivity contribution is 0.102. The van der Waals surface area contributed by atoms with Crippen LogP contribution in [0.25, 0.3) is 5.69 Å². The van der Waals surface area contributed by atoms with Crippen molar-refractivity contribution in [1.82, 2.24) is 19.7 Å². The maximum atomic E-state index is 13.0. The molecule has 1 N–H and O–H groups in total. The quantitative estimate of drug-likeness (QED) is 0.737. The molecule has 3 aromatic rings. The molecular weight excluding hydrogens is 370 g/mol. The molecular formula is C21H23N5OS. The van der Waals surface area contributed by atoms with Crippen molar-refractivity contribution in [3.8, 4) is 5.69 Å². The molecule has 1 aliphatic carbocycles. The Morgan fingerprint density at radius 3 is 2.89 bits per heavy atom. The topological polar surface area (TPSA) is 63.1 Å². The van der Waals surface area contributed by atoms with Crippen molar-refractivity contribution in [1.29, 1.82) is 0 Å². The van der Waals surface area contributed by atoms with Gasteiger partial charge in [0, 0.05) is 35.6 Å². The highest BCUT2D eigenvalue weighted by Gasteiger charge is 2.28.